The van der Waals surface area contributed by atoms with Crippen LogP contribution in [-0.2, 0) is 4.74 Å². The molecule has 2 aliphatic heterocycles. The third-order valence-electron chi connectivity index (χ3n) is 5.60. The lowest BCUT2D eigenvalue weighted by Crippen LogP contribution is -2.51. The smallest absolute Gasteiger partial charge is 0.320 e. The molecule has 2 aliphatic rings. The van der Waals surface area contributed by atoms with Crippen molar-refractivity contribution in [3.63, 3.8) is 0 Å². The Bertz CT molecular complexity index is 1060. The zero-order valence-corrected chi connectivity index (χ0v) is 17.5. The van der Waals surface area contributed by atoms with Crippen molar-refractivity contribution in [1.29, 1.82) is 0 Å². The summed E-state index contributed by atoms with van der Waals surface area (Å²) >= 11 is 0. The van der Waals surface area contributed by atoms with E-state index in [1.165, 1.54) is 0 Å². The van der Waals surface area contributed by atoms with E-state index >= 15 is 0 Å². The second-order valence-corrected chi connectivity index (χ2v) is 7.86. The van der Waals surface area contributed by atoms with Gasteiger partial charge in [0.15, 0.2) is 5.82 Å². The highest BCUT2D eigenvalue weighted by molar-refractivity contribution is 5.83. The maximum absolute atomic E-state index is 6.22. The summed E-state index contributed by atoms with van der Waals surface area (Å²) in [6.07, 6.45) is 2.08. The molecule has 0 unspecified atom stereocenters. The zero-order valence-electron chi connectivity index (χ0n) is 17.5. The molecule has 0 aliphatic carbocycles. The number of hydrogen-bond acceptors (Lipinski definition) is 8. The fourth-order valence-electron chi connectivity index (χ4n) is 3.93. The van der Waals surface area contributed by atoms with E-state index in [2.05, 4.69) is 51.0 Å². The van der Waals surface area contributed by atoms with Gasteiger partial charge in [-0.15, -0.1) is 0 Å². The van der Waals surface area contributed by atoms with Crippen LogP contribution >= 0.6 is 0 Å². The van der Waals surface area contributed by atoms with E-state index in [9.17, 15) is 0 Å². The first-order valence-corrected chi connectivity index (χ1v) is 10.2. The molecule has 0 N–H and O–H groups in total. The van der Waals surface area contributed by atoms with Crippen molar-refractivity contribution in [1.82, 2.24) is 24.6 Å². The average molecular weight is 410 g/mol. The van der Waals surface area contributed by atoms with Crippen molar-refractivity contribution < 1.29 is 14.2 Å². The Balaban J connectivity index is 1.53. The molecular formula is C21H26N6O3. The molecule has 2 aromatic heterocycles. The fraction of sp³-hybridized carbons (Fsp3) is 0.476. The van der Waals surface area contributed by atoms with Crippen LogP contribution in [0, 0.1) is 6.92 Å². The first-order chi connectivity index (χ1) is 14.6. The number of likely N-dealkylation sites (N-methyl/N-ethyl adjacent to an activating group) is 1. The van der Waals surface area contributed by atoms with Gasteiger partial charge in [-0.1, -0.05) is 0 Å². The lowest BCUT2D eigenvalue weighted by molar-refractivity contribution is 0.0384. The van der Waals surface area contributed by atoms with Gasteiger partial charge in [-0.05, 0) is 25.6 Å². The van der Waals surface area contributed by atoms with Gasteiger partial charge in [0.2, 0.25) is 0 Å². The minimum Gasteiger partial charge on any atom is -0.487 e. The van der Waals surface area contributed by atoms with Gasteiger partial charge in [0.05, 0.1) is 32.0 Å². The Morgan fingerprint density at radius 2 is 1.83 bits per heavy atom. The molecule has 0 atom stereocenters. The van der Waals surface area contributed by atoms with Crippen molar-refractivity contribution >= 4 is 16.7 Å². The Hall–Kier alpha value is -2.91. The van der Waals surface area contributed by atoms with Crippen molar-refractivity contribution in [2.24, 2.45) is 0 Å². The van der Waals surface area contributed by atoms with E-state index in [0.717, 1.165) is 54.2 Å². The van der Waals surface area contributed by atoms with Gasteiger partial charge in [0, 0.05) is 43.7 Å². The van der Waals surface area contributed by atoms with Gasteiger partial charge in [0.25, 0.3) is 0 Å². The Labute approximate surface area is 175 Å². The second-order valence-electron chi connectivity index (χ2n) is 7.86. The van der Waals surface area contributed by atoms with Gasteiger partial charge in [-0.2, -0.15) is 15.1 Å². The third kappa shape index (κ3) is 3.54. The number of nitrogens with zero attached hydrogens (tertiary/aromatic N) is 6. The first kappa shape index (κ1) is 19.1. The molecule has 0 bridgehead atoms. The second kappa shape index (κ2) is 7.73. The molecule has 3 aromatic rings. The highest BCUT2D eigenvalue weighted by Crippen LogP contribution is 2.30. The number of ether oxygens (including phenoxy) is 3. The van der Waals surface area contributed by atoms with Crippen LogP contribution in [0.5, 0.6) is 11.8 Å². The summed E-state index contributed by atoms with van der Waals surface area (Å²) in [5, 5.41) is 5.64. The van der Waals surface area contributed by atoms with Crippen LogP contribution in [0.25, 0.3) is 16.7 Å². The van der Waals surface area contributed by atoms with E-state index in [-0.39, 0.29) is 6.10 Å². The molecule has 5 rings (SSSR count). The van der Waals surface area contributed by atoms with Crippen LogP contribution in [-0.4, -0.2) is 84.3 Å². The maximum atomic E-state index is 6.22. The normalized spacial score (nSPS) is 17.9. The SMILES string of the molecule is COc1nc(N2CCOCC2)cc(-n2ncc3cc(C)c(OC4CN(C)C4)cc32)n1. The molecule has 0 radical (unpaired) electrons. The molecule has 9 heteroatoms. The van der Waals surface area contributed by atoms with E-state index in [0.29, 0.717) is 25.0 Å². The van der Waals surface area contributed by atoms with Crippen LogP contribution in [0.15, 0.2) is 24.4 Å². The van der Waals surface area contributed by atoms with Crippen molar-refractivity contribution in [3.05, 3.63) is 30.0 Å². The summed E-state index contributed by atoms with van der Waals surface area (Å²) in [6, 6.07) is 6.43. The molecular weight excluding hydrogens is 384 g/mol. The topological polar surface area (TPSA) is 77.8 Å². The van der Waals surface area contributed by atoms with E-state index in [1.54, 1.807) is 7.11 Å². The lowest BCUT2D eigenvalue weighted by atomic mass is 10.1. The highest BCUT2D eigenvalue weighted by atomic mass is 16.5. The summed E-state index contributed by atoms with van der Waals surface area (Å²) in [5.41, 5.74) is 2.04. The summed E-state index contributed by atoms with van der Waals surface area (Å²) in [7, 11) is 3.67. The predicted molar refractivity (Wildman–Crippen MR) is 113 cm³/mol. The molecule has 2 fully saturated rings. The lowest BCUT2D eigenvalue weighted by Gasteiger charge is -2.36. The van der Waals surface area contributed by atoms with E-state index in [4.69, 9.17) is 14.2 Å². The number of methoxy groups -OCH3 is 1. The number of morpholine rings is 1. The molecule has 9 nitrogen and oxygen atoms in total. The van der Waals surface area contributed by atoms with Crippen LogP contribution in [0.3, 0.4) is 0 Å². The average Bonchev–Trinajstić information content (AvgIpc) is 3.15. The summed E-state index contributed by atoms with van der Waals surface area (Å²) < 4.78 is 18.9. The number of benzene rings is 1. The first-order valence-electron chi connectivity index (χ1n) is 10.2. The van der Waals surface area contributed by atoms with Crippen molar-refractivity contribution in [2.45, 2.75) is 13.0 Å². The summed E-state index contributed by atoms with van der Waals surface area (Å²) in [5.74, 6) is 2.36. The number of rotatable bonds is 5. The zero-order chi connectivity index (χ0) is 20.7. The molecule has 30 heavy (non-hydrogen) atoms. The number of likely N-dealkylation sites (tertiary alicyclic amines) is 1. The fourth-order valence-corrected chi connectivity index (χ4v) is 3.93. The van der Waals surface area contributed by atoms with Gasteiger partial charge >= 0.3 is 6.01 Å². The van der Waals surface area contributed by atoms with Gasteiger partial charge < -0.3 is 19.1 Å². The third-order valence-corrected chi connectivity index (χ3v) is 5.60. The Morgan fingerprint density at radius 3 is 2.57 bits per heavy atom. The molecule has 158 valence electrons. The maximum Gasteiger partial charge on any atom is 0.320 e. The van der Waals surface area contributed by atoms with Gasteiger partial charge in [0.1, 0.15) is 17.7 Å². The standard InChI is InChI=1S/C21H26N6O3/c1-14-8-15-11-22-27(17(15)9-18(14)30-16-12-25(2)13-16)20-10-19(23-21(24-20)28-3)26-4-6-29-7-5-26/h8-11,16H,4-7,12-13H2,1-3H3. The Kier molecular flexibility index (Phi) is 4.92. The molecule has 4 heterocycles. The van der Waals surface area contributed by atoms with Crippen LogP contribution < -0.4 is 14.4 Å². The summed E-state index contributed by atoms with van der Waals surface area (Å²) in [6.45, 7) is 6.90. The van der Waals surface area contributed by atoms with Gasteiger partial charge in [-0.3, -0.25) is 4.90 Å². The number of hydrogen-bond donors (Lipinski definition) is 0. The molecule has 0 saturated carbocycles. The largest absolute Gasteiger partial charge is 0.487 e. The quantitative estimate of drug-likeness (QED) is 0.629. The minimum atomic E-state index is 0.231. The monoisotopic (exact) mass is 410 g/mol. The number of anilines is 1. The molecule has 0 amide bonds. The van der Waals surface area contributed by atoms with Crippen LogP contribution in [0.1, 0.15) is 5.56 Å². The summed E-state index contributed by atoms with van der Waals surface area (Å²) in [4.78, 5) is 13.5. The number of aromatic nitrogens is 4. The van der Waals surface area contributed by atoms with Crippen LogP contribution in [0.2, 0.25) is 0 Å². The molecule has 1 aromatic carbocycles. The minimum absolute atomic E-state index is 0.231. The van der Waals surface area contributed by atoms with Crippen LogP contribution in [0.4, 0.5) is 5.82 Å². The predicted octanol–water partition coefficient (Wildman–Crippen LogP) is 1.66. The highest BCUT2D eigenvalue weighted by Gasteiger charge is 2.26. The number of aryl methyl sites for hydroxylation is 1. The number of fused-ring (bicyclic) bond motifs is 1. The molecule has 2 saturated heterocycles. The van der Waals surface area contributed by atoms with Crippen molar-refractivity contribution in [2.75, 3.05) is 58.5 Å². The van der Waals surface area contributed by atoms with E-state index in [1.807, 2.05) is 16.9 Å². The molecule has 0 spiro atoms. The van der Waals surface area contributed by atoms with Crippen molar-refractivity contribution in [3.8, 4) is 17.6 Å². The Morgan fingerprint density at radius 1 is 1.07 bits per heavy atom. The van der Waals surface area contributed by atoms with Gasteiger partial charge in [-0.25, -0.2) is 4.68 Å². The van der Waals surface area contributed by atoms with E-state index < -0.39 is 0 Å².